The van der Waals surface area contributed by atoms with Crippen LogP contribution in [0.4, 0.5) is 5.95 Å². The van der Waals surface area contributed by atoms with Gasteiger partial charge in [-0.15, -0.1) is 0 Å². The van der Waals surface area contributed by atoms with E-state index in [9.17, 15) is 5.11 Å². The van der Waals surface area contributed by atoms with Gasteiger partial charge in [0.25, 0.3) is 5.88 Å². The molecule has 32 heavy (non-hydrogen) atoms. The molecule has 1 saturated heterocycles. The summed E-state index contributed by atoms with van der Waals surface area (Å²) >= 11 is 0. The van der Waals surface area contributed by atoms with Gasteiger partial charge < -0.3 is 14.7 Å². The van der Waals surface area contributed by atoms with E-state index >= 15 is 0 Å². The molecular formula is C27H47N3O2. The van der Waals surface area contributed by atoms with Crippen LogP contribution in [0.25, 0.3) is 0 Å². The third-order valence-corrected chi connectivity index (χ3v) is 7.15. The molecule has 1 aliphatic heterocycles. The van der Waals surface area contributed by atoms with Gasteiger partial charge in [0.05, 0.1) is 5.69 Å². The number of hydrogen-bond donors (Lipinski definition) is 1. The largest absolute Gasteiger partial charge is 0.502 e. The Morgan fingerprint density at radius 1 is 0.781 bits per heavy atom. The average molecular weight is 446 g/mol. The topological polar surface area (TPSA) is 58.5 Å². The summed E-state index contributed by atoms with van der Waals surface area (Å²) in [4.78, 5) is 11.4. The molecular weight excluding hydrogens is 398 g/mol. The van der Waals surface area contributed by atoms with Crippen molar-refractivity contribution < 1.29 is 9.84 Å². The van der Waals surface area contributed by atoms with Crippen LogP contribution in [0.15, 0.2) is 0 Å². The van der Waals surface area contributed by atoms with Crippen LogP contribution in [0.1, 0.15) is 128 Å². The number of ether oxygens (including phenoxy) is 1. The van der Waals surface area contributed by atoms with Crippen molar-refractivity contribution >= 4 is 5.95 Å². The first-order valence-corrected chi connectivity index (χ1v) is 13.8. The number of unbranched alkanes of at least 4 members (excludes halogenated alkanes) is 13. The minimum atomic E-state index is 0.177. The lowest BCUT2D eigenvalue weighted by molar-refractivity contribution is 0.110. The lowest BCUT2D eigenvalue weighted by Crippen LogP contribution is -2.38. The van der Waals surface area contributed by atoms with Crippen LogP contribution < -0.4 is 9.64 Å². The Balaban J connectivity index is 1.28. The molecule has 2 heterocycles. The standard InChI is InChI=1S/C27H47N3O2/c1-2-3-4-5-6-7-8-9-10-11-12-13-14-15-20-24-25(31)26(32-23-18-16-19-23)29-27(28-24)30-21-17-22-30/h23,31H,2-22H2,1H3. The lowest BCUT2D eigenvalue weighted by Gasteiger charge is -2.32. The first-order valence-electron chi connectivity index (χ1n) is 13.8. The van der Waals surface area contributed by atoms with Crippen molar-refractivity contribution in [2.75, 3.05) is 18.0 Å². The van der Waals surface area contributed by atoms with E-state index in [1.165, 1.54) is 96.3 Å². The average Bonchev–Trinajstić information content (AvgIpc) is 2.72. The van der Waals surface area contributed by atoms with Gasteiger partial charge in [-0.25, -0.2) is 4.98 Å². The smallest absolute Gasteiger partial charge is 0.262 e. The summed E-state index contributed by atoms with van der Waals surface area (Å²) in [7, 11) is 0. The molecule has 0 unspecified atom stereocenters. The van der Waals surface area contributed by atoms with E-state index < -0.39 is 0 Å². The molecule has 1 aliphatic carbocycles. The number of anilines is 1. The maximum absolute atomic E-state index is 10.7. The highest BCUT2D eigenvalue weighted by Crippen LogP contribution is 2.35. The maximum atomic E-state index is 10.7. The van der Waals surface area contributed by atoms with Gasteiger partial charge in [0, 0.05) is 13.1 Å². The van der Waals surface area contributed by atoms with Gasteiger partial charge in [0.1, 0.15) is 6.10 Å². The Hall–Kier alpha value is -1.52. The summed E-state index contributed by atoms with van der Waals surface area (Å²) in [5, 5.41) is 10.7. The highest BCUT2D eigenvalue weighted by molar-refractivity contribution is 5.45. The lowest BCUT2D eigenvalue weighted by atomic mass is 9.96. The Labute approximate surface area is 196 Å². The summed E-state index contributed by atoms with van der Waals surface area (Å²) in [5.41, 5.74) is 0.773. The van der Waals surface area contributed by atoms with Crippen LogP contribution in [-0.4, -0.2) is 34.3 Å². The molecule has 182 valence electrons. The van der Waals surface area contributed by atoms with Crippen molar-refractivity contribution in [2.45, 2.75) is 135 Å². The predicted octanol–water partition coefficient (Wildman–Crippen LogP) is 7.35. The second-order valence-corrected chi connectivity index (χ2v) is 9.98. The number of rotatable bonds is 18. The van der Waals surface area contributed by atoms with Crippen LogP contribution in [0.3, 0.4) is 0 Å². The molecule has 0 radical (unpaired) electrons. The van der Waals surface area contributed by atoms with Gasteiger partial charge in [0.2, 0.25) is 11.7 Å². The van der Waals surface area contributed by atoms with Gasteiger partial charge in [-0.3, -0.25) is 0 Å². The monoisotopic (exact) mass is 445 g/mol. The number of aromatic hydroxyl groups is 1. The molecule has 5 heteroatoms. The van der Waals surface area contributed by atoms with E-state index in [0.717, 1.165) is 50.4 Å². The van der Waals surface area contributed by atoms with Crippen molar-refractivity contribution in [3.8, 4) is 11.6 Å². The van der Waals surface area contributed by atoms with Crippen LogP contribution in [0.5, 0.6) is 11.6 Å². The molecule has 2 fully saturated rings. The van der Waals surface area contributed by atoms with Crippen LogP contribution in [0.2, 0.25) is 0 Å². The van der Waals surface area contributed by atoms with Gasteiger partial charge in [-0.05, 0) is 38.5 Å². The van der Waals surface area contributed by atoms with Crippen LogP contribution in [0, 0.1) is 0 Å². The molecule has 1 aromatic rings. The molecule has 3 rings (SSSR count). The fourth-order valence-electron chi connectivity index (χ4n) is 4.51. The molecule has 5 nitrogen and oxygen atoms in total. The van der Waals surface area contributed by atoms with E-state index in [1.54, 1.807) is 0 Å². The summed E-state index contributed by atoms with van der Waals surface area (Å²) in [6.45, 7) is 4.30. The molecule has 1 saturated carbocycles. The summed E-state index contributed by atoms with van der Waals surface area (Å²) < 4.78 is 5.98. The Bertz CT molecular complexity index is 644. The zero-order valence-electron chi connectivity index (χ0n) is 20.6. The third-order valence-electron chi connectivity index (χ3n) is 7.15. The highest BCUT2D eigenvalue weighted by Gasteiger charge is 2.26. The maximum Gasteiger partial charge on any atom is 0.262 e. The normalized spacial score (nSPS) is 16.1. The Morgan fingerprint density at radius 3 is 1.81 bits per heavy atom. The Morgan fingerprint density at radius 2 is 1.34 bits per heavy atom. The van der Waals surface area contributed by atoms with Crippen LogP contribution in [-0.2, 0) is 6.42 Å². The van der Waals surface area contributed by atoms with E-state index in [2.05, 4.69) is 16.8 Å². The molecule has 0 atom stereocenters. The minimum Gasteiger partial charge on any atom is -0.502 e. The molecule has 0 bridgehead atoms. The van der Waals surface area contributed by atoms with Crippen molar-refractivity contribution in [2.24, 2.45) is 0 Å². The molecule has 0 spiro atoms. The van der Waals surface area contributed by atoms with Crippen molar-refractivity contribution in [1.82, 2.24) is 9.97 Å². The van der Waals surface area contributed by atoms with Gasteiger partial charge in [-0.1, -0.05) is 90.4 Å². The van der Waals surface area contributed by atoms with E-state index in [0.29, 0.717) is 5.88 Å². The third kappa shape index (κ3) is 8.44. The summed E-state index contributed by atoms with van der Waals surface area (Å²) in [6.07, 6.45) is 24.5. The first kappa shape index (κ1) is 25.1. The molecule has 2 aliphatic rings. The summed E-state index contributed by atoms with van der Waals surface area (Å²) in [5.74, 6) is 1.33. The van der Waals surface area contributed by atoms with Crippen LogP contribution >= 0.6 is 0 Å². The second-order valence-electron chi connectivity index (χ2n) is 9.98. The second kappa shape index (κ2) is 14.6. The minimum absolute atomic E-state index is 0.177. The quantitative estimate of drug-likeness (QED) is 0.239. The molecule has 1 N–H and O–H groups in total. The number of aryl methyl sites for hydroxylation is 1. The molecule has 0 amide bonds. The SMILES string of the molecule is CCCCCCCCCCCCCCCCc1nc(N2CCC2)nc(OC2CCC2)c1O. The predicted molar refractivity (Wildman–Crippen MR) is 133 cm³/mol. The number of nitrogens with zero attached hydrogens (tertiary/aromatic N) is 3. The molecule has 0 aromatic carbocycles. The number of aromatic nitrogens is 2. The first-order chi connectivity index (χ1) is 15.8. The Kier molecular flexibility index (Phi) is 11.5. The van der Waals surface area contributed by atoms with Crippen molar-refractivity contribution in [3.05, 3.63) is 5.69 Å². The fourth-order valence-corrected chi connectivity index (χ4v) is 4.51. The van der Waals surface area contributed by atoms with E-state index in [-0.39, 0.29) is 11.9 Å². The van der Waals surface area contributed by atoms with Crippen molar-refractivity contribution in [3.63, 3.8) is 0 Å². The van der Waals surface area contributed by atoms with E-state index in [1.807, 2.05) is 0 Å². The summed E-state index contributed by atoms with van der Waals surface area (Å²) in [6, 6.07) is 0. The van der Waals surface area contributed by atoms with Crippen molar-refractivity contribution in [1.29, 1.82) is 0 Å². The zero-order valence-corrected chi connectivity index (χ0v) is 20.6. The number of hydrogen-bond acceptors (Lipinski definition) is 5. The van der Waals surface area contributed by atoms with E-state index in [4.69, 9.17) is 9.72 Å². The highest BCUT2D eigenvalue weighted by atomic mass is 16.5. The fraction of sp³-hybridized carbons (Fsp3) is 0.852. The van der Waals surface area contributed by atoms with Gasteiger partial charge in [0.15, 0.2) is 0 Å². The zero-order chi connectivity index (χ0) is 22.4. The van der Waals surface area contributed by atoms with Gasteiger partial charge in [-0.2, -0.15) is 4.98 Å². The van der Waals surface area contributed by atoms with Gasteiger partial charge >= 0.3 is 0 Å². The molecule has 1 aromatic heterocycles.